The molecule has 0 radical (unpaired) electrons. The number of hydrogen-bond donors (Lipinski definition) is 0. The maximum atomic E-state index is 13.2. The minimum absolute atomic E-state index is 0.0809. The van der Waals surface area contributed by atoms with E-state index in [1.165, 1.54) is 17.7 Å². The molecule has 2 aromatic carbocycles. The molecule has 3 aromatic rings. The van der Waals surface area contributed by atoms with Crippen molar-refractivity contribution in [1.29, 1.82) is 0 Å². The Labute approximate surface area is 196 Å². The molecule has 1 aromatic heterocycles. The number of anilines is 1. The van der Waals surface area contributed by atoms with Crippen molar-refractivity contribution in [3.05, 3.63) is 53.8 Å². The average Bonchev–Trinajstić information content (AvgIpc) is 3.21. The highest BCUT2D eigenvalue weighted by Crippen LogP contribution is 2.30. The van der Waals surface area contributed by atoms with Crippen molar-refractivity contribution in [3.8, 4) is 0 Å². The molecule has 170 valence electrons. The van der Waals surface area contributed by atoms with Gasteiger partial charge in [-0.15, -0.1) is 11.8 Å². The van der Waals surface area contributed by atoms with Crippen LogP contribution < -0.4 is 4.90 Å². The minimum Gasteiger partial charge on any atom is -0.379 e. The molecule has 1 fully saturated rings. The largest absolute Gasteiger partial charge is 0.379 e. The second kappa shape index (κ2) is 11.2. The maximum Gasteiger partial charge on any atom is 0.229 e. The first-order chi connectivity index (χ1) is 15.6. The van der Waals surface area contributed by atoms with Gasteiger partial charge in [0.05, 0.1) is 23.4 Å². The molecule has 0 atom stereocenters. The van der Waals surface area contributed by atoms with E-state index in [4.69, 9.17) is 9.72 Å². The van der Waals surface area contributed by atoms with E-state index in [2.05, 4.69) is 24.0 Å². The SMILES string of the molecule is Cc1ccc2nc(N(CCCN3CCOCC3)C(=O)CCSc3ccc(F)cc3)sc2c1. The summed E-state index contributed by atoms with van der Waals surface area (Å²) in [7, 11) is 0. The lowest BCUT2D eigenvalue weighted by molar-refractivity contribution is -0.118. The number of nitrogens with zero attached hydrogens (tertiary/aromatic N) is 3. The van der Waals surface area contributed by atoms with Gasteiger partial charge >= 0.3 is 0 Å². The molecule has 8 heteroatoms. The topological polar surface area (TPSA) is 45.7 Å². The number of aryl methyl sites for hydroxylation is 1. The Morgan fingerprint density at radius 2 is 2.00 bits per heavy atom. The van der Waals surface area contributed by atoms with Crippen molar-refractivity contribution in [2.45, 2.75) is 24.7 Å². The Bertz CT molecular complexity index is 1040. The summed E-state index contributed by atoms with van der Waals surface area (Å²) in [6.45, 7) is 7.11. The Balaban J connectivity index is 1.41. The highest BCUT2D eigenvalue weighted by Gasteiger charge is 2.20. The summed E-state index contributed by atoms with van der Waals surface area (Å²) in [5, 5.41) is 0.768. The molecule has 0 aliphatic carbocycles. The fourth-order valence-electron chi connectivity index (χ4n) is 3.66. The van der Waals surface area contributed by atoms with Gasteiger partial charge in [-0.2, -0.15) is 0 Å². The molecule has 1 saturated heterocycles. The number of rotatable bonds is 9. The van der Waals surface area contributed by atoms with E-state index >= 15 is 0 Å². The van der Waals surface area contributed by atoms with Crippen molar-refractivity contribution in [2.75, 3.05) is 50.0 Å². The molecule has 4 rings (SSSR count). The van der Waals surface area contributed by atoms with Crippen LogP contribution in [-0.2, 0) is 9.53 Å². The number of thioether (sulfide) groups is 1. The second-order valence-electron chi connectivity index (χ2n) is 7.87. The lowest BCUT2D eigenvalue weighted by Crippen LogP contribution is -2.39. The predicted octanol–water partition coefficient (Wildman–Crippen LogP) is 4.98. The summed E-state index contributed by atoms with van der Waals surface area (Å²) in [6.07, 6.45) is 1.31. The van der Waals surface area contributed by atoms with E-state index < -0.39 is 0 Å². The Morgan fingerprint density at radius 3 is 2.78 bits per heavy atom. The molecule has 0 saturated carbocycles. The van der Waals surface area contributed by atoms with Gasteiger partial charge in [-0.3, -0.25) is 14.6 Å². The van der Waals surface area contributed by atoms with Crippen LogP contribution in [0, 0.1) is 12.7 Å². The summed E-state index contributed by atoms with van der Waals surface area (Å²) in [4.78, 5) is 23.2. The van der Waals surface area contributed by atoms with Gasteiger partial charge in [0.25, 0.3) is 0 Å². The third-order valence-electron chi connectivity index (χ3n) is 5.42. The van der Waals surface area contributed by atoms with Crippen molar-refractivity contribution in [2.24, 2.45) is 0 Å². The number of carbonyl (C=O) groups is 1. The van der Waals surface area contributed by atoms with Crippen LogP contribution in [0.4, 0.5) is 9.52 Å². The lowest BCUT2D eigenvalue weighted by atomic mass is 10.2. The molecule has 0 spiro atoms. The van der Waals surface area contributed by atoms with Gasteiger partial charge < -0.3 is 4.74 Å². The molecular weight excluding hydrogens is 445 g/mol. The van der Waals surface area contributed by atoms with E-state index in [0.29, 0.717) is 18.7 Å². The van der Waals surface area contributed by atoms with Crippen molar-refractivity contribution < 1.29 is 13.9 Å². The van der Waals surface area contributed by atoms with Crippen molar-refractivity contribution >= 4 is 44.4 Å². The van der Waals surface area contributed by atoms with Crippen LogP contribution in [0.3, 0.4) is 0 Å². The third kappa shape index (κ3) is 6.28. The number of morpholine rings is 1. The van der Waals surface area contributed by atoms with E-state index in [1.807, 2.05) is 11.0 Å². The normalized spacial score (nSPS) is 14.7. The monoisotopic (exact) mass is 473 g/mol. The molecule has 2 heterocycles. The standard InChI is InChI=1S/C24H28FN3O2S2/c1-18-3-8-21-22(17-18)32-24(26-21)28(11-2-10-27-12-14-30-15-13-27)23(29)9-16-31-20-6-4-19(25)5-7-20/h3-8,17H,2,9-16H2,1H3. The summed E-state index contributed by atoms with van der Waals surface area (Å²) < 4.78 is 19.6. The van der Waals surface area contributed by atoms with Gasteiger partial charge in [0, 0.05) is 43.2 Å². The zero-order valence-corrected chi connectivity index (χ0v) is 19.9. The number of benzene rings is 2. The van der Waals surface area contributed by atoms with E-state index in [1.54, 1.807) is 35.2 Å². The number of thiazole rings is 1. The Morgan fingerprint density at radius 1 is 1.22 bits per heavy atom. The quantitative estimate of drug-likeness (QED) is 0.410. The lowest BCUT2D eigenvalue weighted by Gasteiger charge is -2.27. The molecule has 0 unspecified atom stereocenters. The first-order valence-electron chi connectivity index (χ1n) is 10.9. The van der Waals surface area contributed by atoms with E-state index in [-0.39, 0.29) is 11.7 Å². The van der Waals surface area contributed by atoms with Crippen LogP contribution in [0.5, 0.6) is 0 Å². The summed E-state index contributed by atoms with van der Waals surface area (Å²) in [6, 6.07) is 12.6. The zero-order chi connectivity index (χ0) is 22.3. The van der Waals surface area contributed by atoms with Crippen LogP contribution >= 0.6 is 23.1 Å². The zero-order valence-electron chi connectivity index (χ0n) is 18.3. The smallest absolute Gasteiger partial charge is 0.229 e. The predicted molar refractivity (Wildman–Crippen MR) is 130 cm³/mol. The highest BCUT2D eigenvalue weighted by molar-refractivity contribution is 7.99. The number of ether oxygens (including phenoxy) is 1. The molecule has 1 aliphatic rings. The van der Waals surface area contributed by atoms with Crippen LogP contribution in [0.1, 0.15) is 18.4 Å². The molecular formula is C24H28FN3O2S2. The van der Waals surface area contributed by atoms with E-state index in [0.717, 1.165) is 59.5 Å². The van der Waals surface area contributed by atoms with Gasteiger partial charge in [0.2, 0.25) is 5.91 Å². The number of amides is 1. The molecule has 32 heavy (non-hydrogen) atoms. The van der Waals surface area contributed by atoms with Gasteiger partial charge in [-0.25, -0.2) is 9.37 Å². The van der Waals surface area contributed by atoms with Gasteiger partial charge in [-0.1, -0.05) is 17.4 Å². The molecule has 0 N–H and O–H groups in total. The maximum absolute atomic E-state index is 13.2. The number of hydrogen-bond acceptors (Lipinski definition) is 6. The molecule has 0 bridgehead atoms. The van der Waals surface area contributed by atoms with Crippen LogP contribution in [0.15, 0.2) is 47.4 Å². The fraction of sp³-hybridized carbons (Fsp3) is 0.417. The molecule has 1 amide bonds. The van der Waals surface area contributed by atoms with Crippen molar-refractivity contribution in [1.82, 2.24) is 9.88 Å². The Kier molecular flexibility index (Phi) is 8.13. The summed E-state index contributed by atoms with van der Waals surface area (Å²) in [5.74, 6) is 0.481. The van der Waals surface area contributed by atoms with Gasteiger partial charge in [0.1, 0.15) is 5.82 Å². The Hall–Kier alpha value is -2.00. The summed E-state index contributed by atoms with van der Waals surface area (Å²) >= 11 is 3.15. The number of halogens is 1. The molecule has 5 nitrogen and oxygen atoms in total. The third-order valence-corrected chi connectivity index (χ3v) is 7.48. The second-order valence-corrected chi connectivity index (χ2v) is 10.1. The summed E-state index contributed by atoms with van der Waals surface area (Å²) in [5.41, 5.74) is 2.12. The van der Waals surface area contributed by atoms with Gasteiger partial charge in [0.15, 0.2) is 5.13 Å². The highest BCUT2D eigenvalue weighted by atomic mass is 32.2. The average molecular weight is 474 g/mol. The van der Waals surface area contributed by atoms with Crippen LogP contribution in [0.2, 0.25) is 0 Å². The van der Waals surface area contributed by atoms with Gasteiger partial charge in [-0.05, 0) is 55.3 Å². The van der Waals surface area contributed by atoms with E-state index in [9.17, 15) is 9.18 Å². The van der Waals surface area contributed by atoms with Crippen LogP contribution in [-0.4, -0.2) is 60.9 Å². The minimum atomic E-state index is -0.247. The number of aromatic nitrogens is 1. The number of fused-ring (bicyclic) bond motifs is 1. The van der Waals surface area contributed by atoms with Crippen LogP contribution in [0.25, 0.3) is 10.2 Å². The first kappa shape index (κ1) is 23.2. The molecule has 1 aliphatic heterocycles. The first-order valence-corrected chi connectivity index (χ1v) is 12.7. The fourth-order valence-corrected chi connectivity index (χ4v) is 5.61. The number of carbonyl (C=O) groups excluding carboxylic acids is 1. The van der Waals surface area contributed by atoms with Crippen molar-refractivity contribution in [3.63, 3.8) is 0 Å².